The van der Waals surface area contributed by atoms with Gasteiger partial charge in [0.1, 0.15) is 23.7 Å². The first-order valence-electron chi connectivity index (χ1n) is 8.32. The lowest BCUT2D eigenvalue weighted by Gasteiger charge is -2.11. The molecule has 0 radical (unpaired) electrons. The van der Waals surface area contributed by atoms with Gasteiger partial charge in [0.25, 0.3) is 0 Å². The summed E-state index contributed by atoms with van der Waals surface area (Å²) in [5, 5.41) is 0.651. The third-order valence-corrected chi connectivity index (χ3v) is 4.14. The van der Waals surface area contributed by atoms with Crippen LogP contribution in [0, 0.1) is 0 Å². The maximum Gasteiger partial charge on any atom is 0.347 e. The molecule has 5 heteroatoms. The number of benzene rings is 3. The summed E-state index contributed by atoms with van der Waals surface area (Å²) in [7, 11) is 0. The van der Waals surface area contributed by atoms with Gasteiger partial charge in [0.2, 0.25) is 0 Å². The zero-order valence-corrected chi connectivity index (χ0v) is 15.4. The number of carbonyl (C=O) groups excluding carboxylic acids is 2. The van der Waals surface area contributed by atoms with E-state index in [0.717, 1.165) is 5.56 Å². The summed E-state index contributed by atoms with van der Waals surface area (Å²) in [4.78, 5) is 23.8. The fourth-order valence-corrected chi connectivity index (χ4v) is 2.55. The van der Waals surface area contributed by atoms with Crippen molar-refractivity contribution in [3.63, 3.8) is 0 Å². The van der Waals surface area contributed by atoms with Gasteiger partial charge in [-0.05, 0) is 61.0 Å². The first kappa shape index (κ1) is 18.7. The highest BCUT2D eigenvalue weighted by molar-refractivity contribution is 6.30. The largest absolute Gasteiger partial charge is 0.488 e. The van der Waals surface area contributed by atoms with E-state index in [1.165, 1.54) is 6.92 Å². The highest BCUT2D eigenvalue weighted by Crippen LogP contribution is 2.22. The van der Waals surface area contributed by atoms with Crippen molar-refractivity contribution in [3.05, 3.63) is 94.5 Å². The lowest BCUT2D eigenvalue weighted by Crippen LogP contribution is -2.11. The van der Waals surface area contributed by atoms with Gasteiger partial charge in [0.05, 0.1) is 0 Å². The van der Waals surface area contributed by atoms with E-state index in [9.17, 15) is 9.59 Å². The van der Waals surface area contributed by atoms with Crippen LogP contribution in [-0.2, 0) is 6.61 Å². The van der Waals surface area contributed by atoms with Crippen LogP contribution >= 0.6 is 11.6 Å². The second-order valence-electron chi connectivity index (χ2n) is 5.88. The summed E-state index contributed by atoms with van der Waals surface area (Å²) in [6.07, 6.45) is 0. The van der Waals surface area contributed by atoms with Crippen LogP contribution in [0.2, 0.25) is 5.02 Å². The Morgan fingerprint density at radius 3 is 2.22 bits per heavy atom. The summed E-state index contributed by atoms with van der Waals surface area (Å²) in [5.74, 6) is 0.210. The van der Waals surface area contributed by atoms with E-state index in [0.29, 0.717) is 34.3 Å². The van der Waals surface area contributed by atoms with E-state index in [-0.39, 0.29) is 5.78 Å². The van der Waals surface area contributed by atoms with Crippen LogP contribution in [0.15, 0.2) is 72.8 Å². The number of ether oxygens (including phenoxy) is 2. The molecule has 4 nitrogen and oxygen atoms in total. The first-order valence-corrected chi connectivity index (χ1v) is 8.70. The molecule has 0 N–H and O–H groups in total. The average Bonchev–Trinajstić information content (AvgIpc) is 2.68. The Morgan fingerprint density at radius 2 is 1.56 bits per heavy atom. The standard InChI is InChI=1S/C22H17ClO4/c1-15(24)17-8-12-19(13-9-17)27-22(25)20-4-2-3-5-21(20)26-14-16-6-10-18(23)11-7-16/h2-13H,14H2,1H3. The number of Topliss-reactive ketones (excluding diaryl/α,β-unsaturated/α-hetero) is 1. The molecular formula is C22H17ClO4. The minimum absolute atomic E-state index is 0.0474. The minimum atomic E-state index is -0.530. The van der Waals surface area contributed by atoms with Gasteiger partial charge in [-0.25, -0.2) is 4.79 Å². The molecule has 0 spiro atoms. The van der Waals surface area contributed by atoms with Gasteiger partial charge in [-0.1, -0.05) is 35.9 Å². The number of hydrogen-bond donors (Lipinski definition) is 0. The van der Waals surface area contributed by atoms with Crippen molar-refractivity contribution in [2.45, 2.75) is 13.5 Å². The number of rotatable bonds is 6. The van der Waals surface area contributed by atoms with Gasteiger partial charge >= 0.3 is 5.97 Å². The van der Waals surface area contributed by atoms with Crippen LogP contribution in [0.5, 0.6) is 11.5 Å². The molecule has 0 aliphatic rings. The molecule has 0 amide bonds. The van der Waals surface area contributed by atoms with Crippen molar-refractivity contribution in [1.29, 1.82) is 0 Å². The second-order valence-corrected chi connectivity index (χ2v) is 6.32. The van der Waals surface area contributed by atoms with Crippen molar-refractivity contribution in [2.75, 3.05) is 0 Å². The molecule has 0 aliphatic heterocycles. The van der Waals surface area contributed by atoms with Crippen molar-refractivity contribution in [3.8, 4) is 11.5 Å². The predicted octanol–water partition coefficient (Wildman–Crippen LogP) is 5.34. The Kier molecular flexibility index (Phi) is 5.89. The van der Waals surface area contributed by atoms with Crippen molar-refractivity contribution in [1.82, 2.24) is 0 Å². The molecule has 3 rings (SSSR count). The SMILES string of the molecule is CC(=O)c1ccc(OC(=O)c2ccccc2OCc2ccc(Cl)cc2)cc1. The number of halogens is 1. The van der Waals surface area contributed by atoms with E-state index in [1.807, 2.05) is 12.1 Å². The van der Waals surface area contributed by atoms with Crippen LogP contribution in [0.1, 0.15) is 33.2 Å². The lowest BCUT2D eigenvalue weighted by atomic mass is 10.1. The zero-order chi connectivity index (χ0) is 19.2. The molecule has 0 aliphatic carbocycles. The van der Waals surface area contributed by atoms with E-state index in [4.69, 9.17) is 21.1 Å². The quantitative estimate of drug-likeness (QED) is 0.329. The highest BCUT2D eigenvalue weighted by atomic mass is 35.5. The number of esters is 1. The molecular weight excluding hydrogens is 364 g/mol. The van der Waals surface area contributed by atoms with Gasteiger partial charge < -0.3 is 9.47 Å². The third kappa shape index (κ3) is 4.96. The fraction of sp³-hybridized carbons (Fsp3) is 0.0909. The average molecular weight is 381 g/mol. The second kappa shape index (κ2) is 8.52. The number of hydrogen-bond acceptors (Lipinski definition) is 4. The van der Waals surface area contributed by atoms with Gasteiger partial charge in [-0.2, -0.15) is 0 Å². The smallest absolute Gasteiger partial charge is 0.347 e. The van der Waals surface area contributed by atoms with Gasteiger partial charge in [0.15, 0.2) is 5.78 Å². The summed E-state index contributed by atoms with van der Waals surface area (Å²) in [6.45, 7) is 1.78. The van der Waals surface area contributed by atoms with Crippen LogP contribution in [0.4, 0.5) is 0 Å². The van der Waals surface area contributed by atoms with Crippen molar-refractivity contribution in [2.24, 2.45) is 0 Å². The molecule has 0 heterocycles. The molecule has 0 unspecified atom stereocenters. The van der Waals surface area contributed by atoms with Crippen LogP contribution in [-0.4, -0.2) is 11.8 Å². The molecule has 0 saturated carbocycles. The summed E-state index contributed by atoms with van der Waals surface area (Å²) >= 11 is 5.88. The van der Waals surface area contributed by atoms with Crippen molar-refractivity contribution >= 4 is 23.4 Å². The minimum Gasteiger partial charge on any atom is -0.488 e. The van der Waals surface area contributed by atoms with Gasteiger partial charge in [-0.15, -0.1) is 0 Å². The predicted molar refractivity (Wildman–Crippen MR) is 104 cm³/mol. The van der Waals surface area contributed by atoms with E-state index in [1.54, 1.807) is 60.7 Å². The van der Waals surface area contributed by atoms with Gasteiger partial charge in [0, 0.05) is 10.6 Å². The lowest BCUT2D eigenvalue weighted by molar-refractivity contribution is 0.0729. The maximum atomic E-state index is 12.5. The Balaban J connectivity index is 1.71. The van der Waals surface area contributed by atoms with E-state index in [2.05, 4.69) is 0 Å². The number of carbonyl (C=O) groups is 2. The Morgan fingerprint density at radius 1 is 0.889 bits per heavy atom. The normalized spacial score (nSPS) is 10.3. The highest BCUT2D eigenvalue weighted by Gasteiger charge is 2.15. The molecule has 0 saturated heterocycles. The van der Waals surface area contributed by atoms with Gasteiger partial charge in [-0.3, -0.25) is 4.79 Å². The van der Waals surface area contributed by atoms with Crippen LogP contribution in [0.25, 0.3) is 0 Å². The summed E-state index contributed by atoms with van der Waals surface area (Å²) in [6, 6.07) is 20.6. The summed E-state index contributed by atoms with van der Waals surface area (Å²) in [5.41, 5.74) is 1.81. The third-order valence-electron chi connectivity index (χ3n) is 3.89. The monoisotopic (exact) mass is 380 g/mol. The summed E-state index contributed by atoms with van der Waals surface area (Å²) < 4.78 is 11.2. The van der Waals surface area contributed by atoms with Crippen LogP contribution in [0.3, 0.4) is 0 Å². The zero-order valence-electron chi connectivity index (χ0n) is 14.6. The molecule has 0 fully saturated rings. The molecule has 27 heavy (non-hydrogen) atoms. The van der Waals surface area contributed by atoms with E-state index < -0.39 is 5.97 Å². The maximum absolute atomic E-state index is 12.5. The molecule has 0 bridgehead atoms. The molecule has 0 atom stereocenters. The topological polar surface area (TPSA) is 52.6 Å². The Labute approximate surface area is 162 Å². The van der Waals surface area contributed by atoms with Crippen LogP contribution < -0.4 is 9.47 Å². The molecule has 136 valence electrons. The number of para-hydroxylation sites is 1. The first-order chi connectivity index (χ1) is 13.0. The molecule has 3 aromatic carbocycles. The van der Waals surface area contributed by atoms with E-state index >= 15 is 0 Å². The fourth-order valence-electron chi connectivity index (χ4n) is 2.42. The Hall–Kier alpha value is -3.11. The van der Waals surface area contributed by atoms with Crippen molar-refractivity contribution < 1.29 is 19.1 Å². The number of ketones is 1. The molecule has 3 aromatic rings. The Bertz CT molecular complexity index is 947. The molecule has 0 aromatic heterocycles.